The maximum atomic E-state index is 11.9. The first kappa shape index (κ1) is 11.1. The second-order valence-corrected chi connectivity index (χ2v) is 4.11. The normalized spacial score (nSPS) is 14.1. The van der Waals surface area contributed by atoms with Crippen molar-refractivity contribution in [3.05, 3.63) is 35.4 Å². The Labute approximate surface area is 99.0 Å². The number of fused-ring (bicyclic) bond motifs is 1. The topological polar surface area (TPSA) is 37.4 Å². The van der Waals surface area contributed by atoms with Crippen molar-refractivity contribution in [2.24, 2.45) is 0 Å². The summed E-state index contributed by atoms with van der Waals surface area (Å²) in [6.45, 7) is 0.399. The Bertz CT molecular complexity index is 431. The molecule has 4 heteroatoms. The third-order valence-corrected chi connectivity index (χ3v) is 2.91. The lowest BCUT2D eigenvalue weighted by Crippen LogP contribution is -2.30. The van der Waals surface area contributed by atoms with Crippen molar-refractivity contribution in [2.75, 3.05) is 5.88 Å². The maximum Gasteiger partial charge on any atom is 0.261 e. The summed E-state index contributed by atoms with van der Waals surface area (Å²) in [5.41, 5.74) is 1.56. The van der Waals surface area contributed by atoms with Crippen molar-refractivity contribution in [3.63, 3.8) is 0 Å². The third kappa shape index (κ3) is 1.95. The molecular weight excluding hydrogens is 226 g/mol. The minimum Gasteiger partial charge on any atom is -0.274 e. The molecule has 3 nitrogen and oxygen atoms in total. The number of alkyl halides is 1. The number of halogens is 1. The summed E-state index contributed by atoms with van der Waals surface area (Å²) in [7, 11) is 0. The van der Waals surface area contributed by atoms with Gasteiger partial charge in [0.1, 0.15) is 0 Å². The van der Waals surface area contributed by atoms with Gasteiger partial charge < -0.3 is 0 Å². The van der Waals surface area contributed by atoms with Crippen LogP contribution in [0.2, 0.25) is 0 Å². The van der Waals surface area contributed by atoms with Gasteiger partial charge in [-0.1, -0.05) is 18.2 Å². The van der Waals surface area contributed by atoms with Crippen LogP contribution in [-0.4, -0.2) is 22.6 Å². The van der Waals surface area contributed by atoms with E-state index in [1.165, 1.54) is 4.90 Å². The molecule has 2 rings (SSSR count). The van der Waals surface area contributed by atoms with Crippen LogP contribution in [-0.2, 0) is 11.3 Å². The molecule has 16 heavy (non-hydrogen) atoms. The van der Waals surface area contributed by atoms with Crippen LogP contribution >= 0.6 is 11.6 Å². The number of imide groups is 1. The summed E-state index contributed by atoms with van der Waals surface area (Å²) >= 11 is 5.52. The van der Waals surface area contributed by atoms with E-state index in [-0.39, 0.29) is 11.8 Å². The number of hydrogen-bond donors (Lipinski definition) is 0. The quantitative estimate of drug-likeness (QED) is 0.756. The molecule has 1 aliphatic rings. The van der Waals surface area contributed by atoms with E-state index in [1.54, 1.807) is 6.07 Å². The zero-order valence-corrected chi connectivity index (χ0v) is 9.54. The Kier molecular flexibility index (Phi) is 3.25. The smallest absolute Gasteiger partial charge is 0.261 e. The zero-order chi connectivity index (χ0) is 11.5. The first-order chi connectivity index (χ1) is 7.74. The fourth-order valence-corrected chi connectivity index (χ4v) is 1.94. The molecule has 0 radical (unpaired) electrons. The van der Waals surface area contributed by atoms with Crippen LogP contribution in [0.25, 0.3) is 0 Å². The summed E-state index contributed by atoms with van der Waals surface area (Å²) < 4.78 is 0. The lowest BCUT2D eigenvalue weighted by molar-refractivity contribution is -0.128. The zero-order valence-electron chi connectivity index (χ0n) is 8.78. The Morgan fingerprint density at radius 2 is 2.12 bits per heavy atom. The monoisotopic (exact) mass is 237 g/mol. The number of rotatable bonds is 3. The van der Waals surface area contributed by atoms with E-state index in [9.17, 15) is 9.59 Å². The van der Waals surface area contributed by atoms with Crippen molar-refractivity contribution >= 4 is 23.4 Å². The molecule has 1 aliphatic heterocycles. The molecule has 1 aromatic carbocycles. The fraction of sp³-hybridized carbons (Fsp3) is 0.333. The fourth-order valence-electron chi connectivity index (χ4n) is 1.81. The summed E-state index contributed by atoms with van der Waals surface area (Å²) in [6.07, 6.45) is 0.948. The standard InChI is InChI=1S/C12H12ClNO2/c13-7-3-6-11(15)14-8-9-4-1-2-5-10(9)12(14)16/h1-2,4-5H,3,6-8H2. The number of nitrogens with zero attached hydrogens (tertiary/aromatic N) is 1. The van der Waals surface area contributed by atoms with Crippen LogP contribution in [0.15, 0.2) is 24.3 Å². The molecule has 84 valence electrons. The van der Waals surface area contributed by atoms with E-state index in [0.717, 1.165) is 5.56 Å². The Morgan fingerprint density at radius 3 is 2.81 bits per heavy atom. The molecule has 0 aliphatic carbocycles. The highest BCUT2D eigenvalue weighted by Crippen LogP contribution is 2.23. The van der Waals surface area contributed by atoms with Crippen molar-refractivity contribution < 1.29 is 9.59 Å². The van der Waals surface area contributed by atoms with Gasteiger partial charge in [-0.15, -0.1) is 11.6 Å². The molecular formula is C12H12ClNO2. The lowest BCUT2D eigenvalue weighted by atomic mass is 10.1. The number of carbonyl (C=O) groups is 2. The predicted octanol–water partition coefficient (Wildman–Crippen LogP) is 2.19. The molecule has 1 heterocycles. The molecule has 0 saturated carbocycles. The Balaban J connectivity index is 2.12. The van der Waals surface area contributed by atoms with E-state index < -0.39 is 0 Å². The third-order valence-electron chi connectivity index (χ3n) is 2.65. The van der Waals surface area contributed by atoms with Gasteiger partial charge >= 0.3 is 0 Å². The SMILES string of the molecule is O=C(CCCCl)N1Cc2ccccc2C1=O. The van der Waals surface area contributed by atoms with Crippen molar-refractivity contribution in [3.8, 4) is 0 Å². The molecule has 2 amide bonds. The summed E-state index contributed by atoms with van der Waals surface area (Å²) in [5.74, 6) is 0.123. The van der Waals surface area contributed by atoms with E-state index in [0.29, 0.717) is 30.8 Å². The molecule has 0 saturated heterocycles. The maximum absolute atomic E-state index is 11.9. The van der Waals surface area contributed by atoms with Gasteiger partial charge in [0.2, 0.25) is 5.91 Å². The van der Waals surface area contributed by atoms with Gasteiger partial charge in [0.25, 0.3) is 5.91 Å². The molecule has 0 N–H and O–H groups in total. The average molecular weight is 238 g/mol. The molecule has 0 spiro atoms. The molecule has 0 unspecified atom stereocenters. The van der Waals surface area contributed by atoms with Gasteiger partial charge in [0, 0.05) is 17.9 Å². The molecule has 0 fully saturated rings. The van der Waals surface area contributed by atoms with Crippen LogP contribution < -0.4 is 0 Å². The van der Waals surface area contributed by atoms with Crippen LogP contribution in [0.1, 0.15) is 28.8 Å². The highest BCUT2D eigenvalue weighted by atomic mass is 35.5. The van der Waals surface area contributed by atoms with Gasteiger partial charge in [-0.05, 0) is 18.1 Å². The van der Waals surface area contributed by atoms with E-state index >= 15 is 0 Å². The van der Waals surface area contributed by atoms with Crippen molar-refractivity contribution in [2.45, 2.75) is 19.4 Å². The first-order valence-electron chi connectivity index (χ1n) is 5.22. The first-order valence-corrected chi connectivity index (χ1v) is 5.76. The Morgan fingerprint density at radius 1 is 1.38 bits per heavy atom. The number of benzene rings is 1. The highest BCUT2D eigenvalue weighted by molar-refractivity contribution is 6.18. The molecule has 0 aromatic heterocycles. The van der Waals surface area contributed by atoms with Crippen LogP contribution in [0, 0.1) is 0 Å². The number of hydrogen-bond acceptors (Lipinski definition) is 2. The predicted molar refractivity (Wildman–Crippen MR) is 61.3 cm³/mol. The van der Waals surface area contributed by atoms with Crippen molar-refractivity contribution in [1.29, 1.82) is 0 Å². The largest absolute Gasteiger partial charge is 0.274 e. The lowest BCUT2D eigenvalue weighted by Gasteiger charge is -2.12. The van der Waals surface area contributed by atoms with Gasteiger partial charge in [0.15, 0.2) is 0 Å². The number of carbonyl (C=O) groups excluding carboxylic acids is 2. The number of amides is 2. The van der Waals surface area contributed by atoms with E-state index in [1.807, 2.05) is 18.2 Å². The molecule has 1 aromatic rings. The van der Waals surface area contributed by atoms with Gasteiger partial charge in [-0.3, -0.25) is 14.5 Å². The average Bonchev–Trinajstić information content (AvgIpc) is 2.64. The Hall–Kier alpha value is -1.35. The van der Waals surface area contributed by atoms with Crippen LogP contribution in [0.4, 0.5) is 0 Å². The summed E-state index contributed by atoms with van der Waals surface area (Å²) in [5, 5.41) is 0. The minimum absolute atomic E-state index is 0.137. The second-order valence-electron chi connectivity index (χ2n) is 3.73. The second kappa shape index (κ2) is 4.66. The van der Waals surface area contributed by atoms with Crippen LogP contribution in [0.5, 0.6) is 0 Å². The highest BCUT2D eigenvalue weighted by Gasteiger charge is 2.30. The minimum atomic E-state index is -0.185. The van der Waals surface area contributed by atoms with Gasteiger partial charge in [-0.2, -0.15) is 0 Å². The van der Waals surface area contributed by atoms with E-state index in [4.69, 9.17) is 11.6 Å². The van der Waals surface area contributed by atoms with E-state index in [2.05, 4.69) is 0 Å². The molecule has 0 bridgehead atoms. The van der Waals surface area contributed by atoms with Crippen molar-refractivity contribution in [1.82, 2.24) is 4.90 Å². The van der Waals surface area contributed by atoms with Gasteiger partial charge in [0.05, 0.1) is 6.54 Å². The van der Waals surface area contributed by atoms with Gasteiger partial charge in [-0.25, -0.2) is 0 Å². The van der Waals surface area contributed by atoms with Crippen LogP contribution in [0.3, 0.4) is 0 Å². The molecule has 0 atom stereocenters. The summed E-state index contributed by atoms with van der Waals surface area (Å²) in [6, 6.07) is 7.32. The summed E-state index contributed by atoms with van der Waals surface area (Å²) in [4.78, 5) is 24.9.